The Morgan fingerprint density at radius 1 is 1.00 bits per heavy atom. The van der Waals surface area contributed by atoms with Crippen molar-refractivity contribution in [2.24, 2.45) is 0 Å². The lowest BCUT2D eigenvalue weighted by molar-refractivity contribution is 0.266. The standard InChI is InChI=1S/C25H24F2N4O/c1-15-5-7-17(8-6-15)24-16(2)29-31-22(18-9-10-20(26)21(27)12-18)13-23(28-25(24)31)30-11-3-4-19(30)14-32/h5-10,12-13,19,32H,3-4,11,14H2,1-2H3. The summed E-state index contributed by atoms with van der Waals surface area (Å²) in [6.45, 7) is 4.77. The molecule has 1 unspecified atom stereocenters. The molecule has 1 saturated heterocycles. The number of hydrogen-bond donors (Lipinski definition) is 1. The van der Waals surface area contributed by atoms with Gasteiger partial charge in [-0.2, -0.15) is 5.10 Å². The Morgan fingerprint density at radius 2 is 1.75 bits per heavy atom. The lowest BCUT2D eigenvalue weighted by Gasteiger charge is -2.25. The van der Waals surface area contributed by atoms with Crippen LogP contribution < -0.4 is 4.90 Å². The van der Waals surface area contributed by atoms with E-state index in [0.29, 0.717) is 22.7 Å². The normalized spacial score (nSPS) is 16.3. The second-order valence-electron chi connectivity index (χ2n) is 8.36. The predicted octanol–water partition coefficient (Wildman–Crippen LogP) is 4.92. The second kappa shape index (κ2) is 7.98. The Balaban J connectivity index is 1.79. The molecule has 7 heteroatoms. The Hall–Kier alpha value is -3.32. The van der Waals surface area contributed by atoms with Crippen molar-refractivity contribution in [3.8, 4) is 22.4 Å². The highest BCUT2D eigenvalue weighted by Crippen LogP contribution is 2.35. The number of hydrogen-bond acceptors (Lipinski definition) is 4. The van der Waals surface area contributed by atoms with Crippen LogP contribution in [0.4, 0.5) is 14.6 Å². The van der Waals surface area contributed by atoms with E-state index in [-0.39, 0.29) is 12.6 Å². The summed E-state index contributed by atoms with van der Waals surface area (Å²) in [7, 11) is 0. The van der Waals surface area contributed by atoms with Crippen molar-refractivity contribution in [2.75, 3.05) is 18.1 Å². The molecule has 2 aromatic heterocycles. The van der Waals surface area contributed by atoms with Crippen LogP contribution in [0.15, 0.2) is 48.5 Å². The van der Waals surface area contributed by atoms with Crippen molar-refractivity contribution in [3.63, 3.8) is 0 Å². The van der Waals surface area contributed by atoms with Crippen LogP contribution in [0.1, 0.15) is 24.1 Å². The molecule has 0 radical (unpaired) electrons. The number of fused-ring (bicyclic) bond motifs is 1. The van der Waals surface area contributed by atoms with Gasteiger partial charge >= 0.3 is 0 Å². The van der Waals surface area contributed by atoms with Gasteiger partial charge in [-0.15, -0.1) is 0 Å². The average Bonchev–Trinajstić information content (AvgIpc) is 3.39. The highest BCUT2D eigenvalue weighted by Gasteiger charge is 2.27. The average molecular weight is 434 g/mol. The van der Waals surface area contributed by atoms with E-state index in [1.165, 1.54) is 6.07 Å². The molecule has 1 N–H and O–H groups in total. The lowest BCUT2D eigenvalue weighted by Crippen LogP contribution is -2.32. The number of aryl methyl sites for hydroxylation is 2. The minimum Gasteiger partial charge on any atom is -0.394 e. The summed E-state index contributed by atoms with van der Waals surface area (Å²) >= 11 is 0. The van der Waals surface area contributed by atoms with Gasteiger partial charge in [0.05, 0.1) is 24.0 Å². The van der Waals surface area contributed by atoms with Crippen LogP contribution in [0, 0.1) is 25.5 Å². The minimum absolute atomic E-state index is 0.0189. The van der Waals surface area contributed by atoms with E-state index in [9.17, 15) is 13.9 Å². The molecule has 1 atom stereocenters. The summed E-state index contributed by atoms with van der Waals surface area (Å²) in [4.78, 5) is 7.04. The smallest absolute Gasteiger partial charge is 0.166 e. The fourth-order valence-corrected chi connectivity index (χ4v) is 4.50. The zero-order valence-electron chi connectivity index (χ0n) is 18.0. The van der Waals surface area contributed by atoms with Crippen LogP contribution in [-0.2, 0) is 0 Å². The van der Waals surface area contributed by atoms with Gasteiger partial charge in [-0.25, -0.2) is 18.3 Å². The Kier molecular flexibility index (Phi) is 5.13. The maximum atomic E-state index is 14.1. The molecular formula is C25H24F2N4O. The largest absolute Gasteiger partial charge is 0.394 e. The maximum absolute atomic E-state index is 14.1. The third-order valence-corrected chi connectivity index (χ3v) is 6.19. The highest BCUT2D eigenvalue weighted by atomic mass is 19.2. The van der Waals surface area contributed by atoms with E-state index in [0.717, 1.165) is 47.8 Å². The molecule has 32 heavy (non-hydrogen) atoms. The van der Waals surface area contributed by atoms with E-state index in [1.54, 1.807) is 10.6 Å². The summed E-state index contributed by atoms with van der Waals surface area (Å²) in [6.07, 6.45) is 1.84. The molecule has 3 heterocycles. The molecule has 2 aromatic carbocycles. The summed E-state index contributed by atoms with van der Waals surface area (Å²) in [5.74, 6) is -1.11. The van der Waals surface area contributed by atoms with Gasteiger partial charge in [0.25, 0.3) is 0 Å². The van der Waals surface area contributed by atoms with E-state index in [1.807, 2.05) is 44.2 Å². The number of anilines is 1. The van der Waals surface area contributed by atoms with Crippen LogP contribution in [-0.4, -0.2) is 38.9 Å². The number of nitrogens with zero attached hydrogens (tertiary/aromatic N) is 4. The van der Waals surface area contributed by atoms with Crippen LogP contribution in [0.5, 0.6) is 0 Å². The molecule has 5 rings (SSSR count). The van der Waals surface area contributed by atoms with Crippen molar-refractivity contribution in [1.82, 2.24) is 14.6 Å². The number of benzene rings is 2. The van der Waals surface area contributed by atoms with Crippen molar-refractivity contribution in [3.05, 3.63) is 71.4 Å². The zero-order chi connectivity index (χ0) is 22.4. The first-order valence-corrected chi connectivity index (χ1v) is 10.8. The van der Waals surface area contributed by atoms with Crippen LogP contribution in [0.25, 0.3) is 28.0 Å². The third-order valence-electron chi connectivity index (χ3n) is 6.19. The quantitative estimate of drug-likeness (QED) is 0.495. The first kappa shape index (κ1) is 20.6. The molecule has 5 nitrogen and oxygen atoms in total. The molecule has 0 aliphatic carbocycles. The molecule has 0 bridgehead atoms. The van der Waals surface area contributed by atoms with E-state index in [4.69, 9.17) is 10.1 Å². The van der Waals surface area contributed by atoms with Crippen molar-refractivity contribution >= 4 is 11.5 Å². The van der Waals surface area contributed by atoms with E-state index in [2.05, 4.69) is 4.90 Å². The summed E-state index contributed by atoms with van der Waals surface area (Å²) in [5, 5.41) is 14.6. The number of aliphatic hydroxyl groups is 1. The Labute approximate surface area is 185 Å². The van der Waals surface area contributed by atoms with Gasteiger partial charge in [-0.05, 0) is 50.5 Å². The van der Waals surface area contributed by atoms with Crippen LogP contribution >= 0.6 is 0 Å². The SMILES string of the molecule is Cc1ccc(-c2c(C)nn3c(-c4ccc(F)c(F)c4)cc(N4CCCC4CO)nc23)cc1. The number of aliphatic hydroxyl groups excluding tert-OH is 1. The van der Waals surface area contributed by atoms with Gasteiger partial charge in [-0.3, -0.25) is 0 Å². The number of rotatable bonds is 4. The van der Waals surface area contributed by atoms with Crippen LogP contribution in [0.2, 0.25) is 0 Å². The number of aromatic nitrogens is 3. The van der Waals surface area contributed by atoms with Crippen molar-refractivity contribution in [1.29, 1.82) is 0 Å². The second-order valence-corrected chi connectivity index (χ2v) is 8.36. The summed E-state index contributed by atoms with van der Waals surface area (Å²) in [5.41, 5.74) is 5.61. The summed E-state index contributed by atoms with van der Waals surface area (Å²) < 4.78 is 29.4. The molecule has 0 spiro atoms. The monoisotopic (exact) mass is 434 g/mol. The van der Waals surface area contributed by atoms with Gasteiger partial charge in [0.2, 0.25) is 0 Å². The molecule has 164 valence electrons. The number of halogens is 2. The Bertz CT molecular complexity index is 1300. The molecule has 0 saturated carbocycles. The molecule has 4 aromatic rings. The van der Waals surface area contributed by atoms with Gasteiger partial charge in [-0.1, -0.05) is 29.8 Å². The van der Waals surface area contributed by atoms with Crippen molar-refractivity contribution in [2.45, 2.75) is 32.7 Å². The molecule has 0 amide bonds. The lowest BCUT2D eigenvalue weighted by atomic mass is 10.0. The van der Waals surface area contributed by atoms with Gasteiger partial charge in [0.1, 0.15) is 5.82 Å². The third kappa shape index (κ3) is 3.42. The van der Waals surface area contributed by atoms with Gasteiger partial charge < -0.3 is 10.0 Å². The molecular weight excluding hydrogens is 410 g/mol. The first-order valence-electron chi connectivity index (χ1n) is 10.8. The van der Waals surface area contributed by atoms with Crippen LogP contribution in [0.3, 0.4) is 0 Å². The van der Waals surface area contributed by atoms with Gasteiger partial charge in [0, 0.05) is 23.7 Å². The molecule has 1 aliphatic heterocycles. The molecule has 1 aliphatic rings. The predicted molar refractivity (Wildman–Crippen MR) is 121 cm³/mol. The fourth-order valence-electron chi connectivity index (χ4n) is 4.50. The van der Waals surface area contributed by atoms with E-state index < -0.39 is 11.6 Å². The minimum atomic E-state index is -0.911. The summed E-state index contributed by atoms with van der Waals surface area (Å²) in [6, 6.07) is 13.8. The van der Waals surface area contributed by atoms with E-state index >= 15 is 0 Å². The highest BCUT2D eigenvalue weighted by molar-refractivity contribution is 5.83. The molecule has 1 fully saturated rings. The maximum Gasteiger partial charge on any atom is 0.166 e. The van der Waals surface area contributed by atoms with Crippen molar-refractivity contribution < 1.29 is 13.9 Å². The first-order chi connectivity index (χ1) is 15.5. The van der Waals surface area contributed by atoms with Gasteiger partial charge in [0.15, 0.2) is 17.3 Å². The fraction of sp³-hybridized carbons (Fsp3) is 0.280. The topological polar surface area (TPSA) is 53.7 Å². The zero-order valence-corrected chi connectivity index (χ0v) is 18.0. The Morgan fingerprint density at radius 3 is 2.47 bits per heavy atom.